The summed E-state index contributed by atoms with van der Waals surface area (Å²) in [7, 11) is 1.40. The summed E-state index contributed by atoms with van der Waals surface area (Å²) < 4.78 is 4.75. The predicted octanol–water partition coefficient (Wildman–Crippen LogP) is 7.03. The van der Waals surface area contributed by atoms with Crippen molar-refractivity contribution in [3.63, 3.8) is 0 Å². The first-order chi connectivity index (χ1) is 15.2. The second kappa shape index (κ2) is 11.1. The van der Waals surface area contributed by atoms with Crippen LogP contribution in [0.15, 0.2) is 91.0 Å². The second-order valence-electron chi connectivity index (χ2n) is 7.37. The fourth-order valence-corrected chi connectivity index (χ4v) is 3.66. The normalized spacial score (nSPS) is 10.3. The van der Waals surface area contributed by atoms with Gasteiger partial charge in [0.05, 0.1) is 12.7 Å². The van der Waals surface area contributed by atoms with Crippen LogP contribution in [0.3, 0.4) is 0 Å². The molecule has 0 spiro atoms. The summed E-state index contributed by atoms with van der Waals surface area (Å²) >= 11 is 0. The molecule has 0 saturated heterocycles. The van der Waals surface area contributed by atoms with E-state index in [1.165, 1.54) is 40.1 Å². The Morgan fingerprint density at radius 2 is 1.19 bits per heavy atom. The molecule has 0 heterocycles. The minimum Gasteiger partial charge on any atom is -0.465 e. The lowest BCUT2D eigenvalue weighted by Gasteiger charge is -2.08. The van der Waals surface area contributed by atoms with Crippen molar-refractivity contribution in [2.45, 2.75) is 33.1 Å². The summed E-state index contributed by atoms with van der Waals surface area (Å²) in [4.78, 5) is 11.5. The van der Waals surface area contributed by atoms with Crippen LogP contribution < -0.4 is 0 Å². The van der Waals surface area contributed by atoms with Crippen molar-refractivity contribution in [2.24, 2.45) is 0 Å². The minimum absolute atomic E-state index is 0.294. The van der Waals surface area contributed by atoms with Crippen LogP contribution in [-0.4, -0.2) is 13.1 Å². The Labute approximate surface area is 185 Å². The molecule has 0 atom stereocenters. The first kappa shape index (κ1) is 22.3. The summed E-state index contributed by atoms with van der Waals surface area (Å²) in [6.45, 7) is 4.00. The van der Waals surface area contributed by atoms with E-state index in [2.05, 4.69) is 66.7 Å². The van der Waals surface area contributed by atoms with Crippen molar-refractivity contribution < 1.29 is 9.53 Å². The van der Waals surface area contributed by atoms with Crippen LogP contribution >= 0.6 is 0 Å². The molecular weight excluding hydrogens is 380 g/mol. The van der Waals surface area contributed by atoms with Gasteiger partial charge in [-0.05, 0) is 64.4 Å². The van der Waals surface area contributed by atoms with E-state index in [1.807, 2.05) is 38.1 Å². The van der Waals surface area contributed by atoms with Gasteiger partial charge in [0.2, 0.25) is 0 Å². The van der Waals surface area contributed by atoms with Crippen LogP contribution in [0, 0.1) is 0 Å². The average Bonchev–Trinajstić information content (AvgIpc) is 2.84. The van der Waals surface area contributed by atoms with Gasteiger partial charge in [-0.2, -0.15) is 0 Å². The molecule has 4 rings (SSSR count). The number of benzene rings is 4. The van der Waals surface area contributed by atoms with E-state index >= 15 is 0 Å². The van der Waals surface area contributed by atoms with Crippen LogP contribution in [0.1, 0.15) is 46.5 Å². The van der Waals surface area contributed by atoms with E-state index in [4.69, 9.17) is 4.74 Å². The zero-order chi connectivity index (χ0) is 22.1. The molecule has 0 saturated carbocycles. The molecule has 0 aliphatic rings. The fraction of sp³-hybridized carbons (Fsp3) is 0.207. The molecule has 0 aliphatic carbocycles. The number of hydrogen-bond donors (Lipinski definition) is 0. The van der Waals surface area contributed by atoms with Crippen molar-refractivity contribution >= 4 is 16.7 Å². The standard InChI is InChI=1S/C27H24O2.C2H6/c1-29-27(28)24-13-9-20(10-14-24)7-8-22-11-15-26-19-23(12-16-25(26)18-22)17-21-5-3-2-4-6-21;1-2/h2-6,9-16,18-19H,7-8,17H2,1H3;1-2H3. The van der Waals surface area contributed by atoms with Crippen molar-refractivity contribution in [3.8, 4) is 0 Å². The smallest absolute Gasteiger partial charge is 0.337 e. The third-order valence-corrected chi connectivity index (χ3v) is 5.30. The first-order valence-corrected chi connectivity index (χ1v) is 10.9. The summed E-state index contributed by atoms with van der Waals surface area (Å²) in [5.74, 6) is -0.294. The van der Waals surface area contributed by atoms with Crippen LogP contribution in [0.2, 0.25) is 0 Å². The predicted molar refractivity (Wildman–Crippen MR) is 130 cm³/mol. The molecule has 31 heavy (non-hydrogen) atoms. The van der Waals surface area contributed by atoms with Gasteiger partial charge in [0.15, 0.2) is 0 Å². The molecule has 4 aromatic rings. The lowest BCUT2D eigenvalue weighted by Crippen LogP contribution is -2.01. The Morgan fingerprint density at radius 3 is 1.84 bits per heavy atom. The molecule has 0 bridgehead atoms. The van der Waals surface area contributed by atoms with Crippen LogP contribution in [-0.2, 0) is 24.0 Å². The molecule has 0 unspecified atom stereocenters. The molecule has 2 heteroatoms. The molecule has 0 aliphatic heterocycles. The van der Waals surface area contributed by atoms with Gasteiger partial charge in [-0.15, -0.1) is 0 Å². The van der Waals surface area contributed by atoms with Gasteiger partial charge in [-0.3, -0.25) is 0 Å². The maximum absolute atomic E-state index is 11.5. The Bertz CT molecular complexity index is 1110. The van der Waals surface area contributed by atoms with E-state index in [9.17, 15) is 4.79 Å². The van der Waals surface area contributed by atoms with E-state index in [0.717, 1.165) is 19.3 Å². The number of carbonyl (C=O) groups is 1. The van der Waals surface area contributed by atoms with Gasteiger partial charge >= 0.3 is 5.97 Å². The Hall–Kier alpha value is -3.39. The zero-order valence-electron chi connectivity index (χ0n) is 18.6. The van der Waals surface area contributed by atoms with Crippen molar-refractivity contribution in [1.29, 1.82) is 0 Å². The van der Waals surface area contributed by atoms with Crippen LogP contribution in [0.25, 0.3) is 10.8 Å². The molecule has 4 aromatic carbocycles. The highest BCUT2D eigenvalue weighted by Gasteiger charge is 2.05. The summed E-state index contributed by atoms with van der Waals surface area (Å²) in [6, 6.07) is 31.7. The topological polar surface area (TPSA) is 26.3 Å². The monoisotopic (exact) mass is 410 g/mol. The Kier molecular flexibility index (Phi) is 8.00. The zero-order valence-corrected chi connectivity index (χ0v) is 18.6. The van der Waals surface area contributed by atoms with Crippen molar-refractivity contribution in [1.82, 2.24) is 0 Å². The lowest BCUT2D eigenvalue weighted by atomic mass is 9.98. The fourth-order valence-electron chi connectivity index (χ4n) is 3.66. The third kappa shape index (κ3) is 6.05. The number of fused-ring (bicyclic) bond motifs is 1. The molecule has 158 valence electrons. The number of carbonyl (C=O) groups excluding carboxylic acids is 1. The number of ether oxygens (including phenoxy) is 1. The highest BCUT2D eigenvalue weighted by atomic mass is 16.5. The van der Waals surface area contributed by atoms with E-state index in [-0.39, 0.29) is 5.97 Å². The average molecular weight is 411 g/mol. The molecule has 0 fully saturated rings. The van der Waals surface area contributed by atoms with Gasteiger partial charge in [0.1, 0.15) is 0 Å². The SMILES string of the molecule is CC.COC(=O)c1ccc(CCc2ccc3cc(Cc4ccccc4)ccc3c2)cc1. The molecule has 0 aromatic heterocycles. The molecule has 0 radical (unpaired) electrons. The molecule has 0 N–H and O–H groups in total. The largest absolute Gasteiger partial charge is 0.465 e. The van der Waals surface area contributed by atoms with Crippen LogP contribution in [0.4, 0.5) is 0 Å². The van der Waals surface area contributed by atoms with Crippen LogP contribution in [0.5, 0.6) is 0 Å². The summed E-state index contributed by atoms with van der Waals surface area (Å²) in [5, 5.41) is 2.56. The molecular formula is C29H30O2. The quantitative estimate of drug-likeness (QED) is 0.319. The van der Waals surface area contributed by atoms with Gasteiger partial charge in [-0.25, -0.2) is 4.79 Å². The highest BCUT2D eigenvalue weighted by Crippen LogP contribution is 2.21. The van der Waals surface area contributed by atoms with Crippen molar-refractivity contribution in [3.05, 3.63) is 119 Å². The number of aryl methyl sites for hydroxylation is 2. The third-order valence-electron chi connectivity index (χ3n) is 5.30. The summed E-state index contributed by atoms with van der Waals surface area (Å²) in [6.07, 6.45) is 2.87. The maximum atomic E-state index is 11.5. The van der Waals surface area contributed by atoms with Gasteiger partial charge in [-0.1, -0.05) is 92.7 Å². The number of hydrogen-bond acceptors (Lipinski definition) is 2. The van der Waals surface area contributed by atoms with Gasteiger partial charge < -0.3 is 4.74 Å². The minimum atomic E-state index is -0.294. The second-order valence-corrected chi connectivity index (χ2v) is 7.37. The van der Waals surface area contributed by atoms with E-state index in [1.54, 1.807) is 0 Å². The number of methoxy groups -OCH3 is 1. The number of rotatable bonds is 6. The van der Waals surface area contributed by atoms with Gasteiger partial charge in [0, 0.05) is 0 Å². The summed E-state index contributed by atoms with van der Waals surface area (Å²) in [5.41, 5.74) is 5.80. The van der Waals surface area contributed by atoms with E-state index in [0.29, 0.717) is 5.56 Å². The highest BCUT2D eigenvalue weighted by molar-refractivity contribution is 5.89. The molecule has 0 amide bonds. The molecule has 2 nitrogen and oxygen atoms in total. The Morgan fingerprint density at radius 1 is 0.645 bits per heavy atom. The Balaban J connectivity index is 0.00000132. The number of esters is 1. The van der Waals surface area contributed by atoms with E-state index < -0.39 is 0 Å². The first-order valence-electron chi connectivity index (χ1n) is 10.9. The van der Waals surface area contributed by atoms with Crippen molar-refractivity contribution in [2.75, 3.05) is 7.11 Å². The van der Waals surface area contributed by atoms with Gasteiger partial charge in [0.25, 0.3) is 0 Å². The maximum Gasteiger partial charge on any atom is 0.337 e. The lowest BCUT2D eigenvalue weighted by molar-refractivity contribution is 0.0600.